The molecule has 9 heteroatoms. The van der Waals surface area contributed by atoms with Crippen molar-refractivity contribution < 1.29 is 13.6 Å². The lowest BCUT2D eigenvalue weighted by Gasteiger charge is -2.19. The molecule has 0 bridgehead atoms. The van der Waals surface area contributed by atoms with E-state index >= 15 is 0 Å². The van der Waals surface area contributed by atoms with Gasteiger partial charge in [0.15, 0.2) is 0 Å². The molecule has 0 aliphatic heterocycles. The van der Waals surface area contributed by atoms with Crippen molar-refractivity contribution >= 4 is 38.8 Å². The first kappa shape index (κ1) is 16.2. The van der Waals surface area contributed by atoms with Crippen LogP contribution >= 0.6 is 22.9 Å². The predicted octanol–water partition coefficient (Wildman–Crippen LogP) is 1.71. The van der Waals surface area contributed by atoms with Crippen LogP contribution in [0.1, 0.15) is 12.5 Å². The Morgan fingerprint density at radius 3 is 2.68 bits per heavy atom. The zero-order valence-electron chi connectivity index (χ0n) is 10.8. The molecular formula is C10H16ClN3O3S2. The number of amidine groups is 1. The topological polar surface area (TPSA) is 96.0 Å². The fourth-order valence-electron chi connectivity index (χ4n) is 1.39. The first-order chi connectivity index (χ1) is 8.70. The molecule has 1 atom stereocenters. The molecule has 0 aliphatic rings. The highest BCUT2D eigenvalue weighted by atomic mass is 35.5. The van der Waals surface area contributed by atoms with Crippen molar-refractivity contribution in [1.29, 1.82) is 0 Å². The first-order valence-corrected chi connectivity index (χ1v) is 8.03. The summed E-state index contributed by atoms with van der Waals surface area (Å²) in [7, 11) is -2.16. The van der Waals surface area contributed by atoms with Gasteiger partial charge in [-0.2, -0.15) is 4.31 Å². The Morgan fingerprint density at radius 1 is 1.68 bits per heavy atom. The second-order valence-electron chi connectivity index (χ2n) is 4.23. The average Bonchev–Trinajstić information content (AvgIpc) is 2.69. The van der Waals surface area contributed by atoms with Gasteiger partial charge in [0.2, 0.25) is 0 Å². The molecule has 1 aromatic rings. The van der Waals surface area contributed by atoms with Gasteiger partial charge >= 0.3 is 0 Å². The molecular weight excluding hydrogens is 310 g/mol. The molecule has 0 saturated carbocycles. The fraction of sp³-hybridized carbons (Fsp3) is 0.500. The van der Waals surface area contributed by atoms with Crippen molar-refractivity contribution in [2.75, 3.05) is 13.6 Å². The Labute approximate surface area is 121 Å². The van der Waals surface area contributed by atoms with E-state index in [1.54, 1.807) is 13.8 Å². The van der Waals surface area contributed by atoms with Gasteiger partial charge in [-0.05, 0) is 18.6 Å². The number of nitrogens with zero attached hydrogens (tertiary/aromatic N) is 2. The Bertz CT molecular complexity index is 563. The molecule has 0 radical (unpaired) electrons. The second kappa shape index (κ2) is 6.08. The lowest BCUT2D eigenvalue weighted by molar-refractivity contribution is 0.312. The van der Waals surface area contributed by atoms with Crippen molar-refractivity contribution in [3.63, 3.8) is 0 Å². The summed E-state index contributed by atoms with van der Waals surface area (Å²) in [6.07, 6.45) is 0. The average molecular weight is 326 g/mol. The Hall–Kier alpha value is -0.830. The number of aryl methyl sites for hydroxylation is 1. The first-order valence-electron chi connectivity index (χ1n) is 5.39. The maximum absolute atomic E-state index is 12.3. The third-order valence-electron chi connectivity index (χ3n) is 2.65. The van der Waals surface area contributed by atoms with E-state index in [1.807, 2.05) is 0 Å². The van der Waals surface area contributed by atoms with Gasteiger partial charge in [0.05, 0.1) is 4.34 Å². The Kier molecular flexibility index (Phi) is 5.19. The van der Waals surface area contributed by atoms with Crippen molar-refractivity contribution in [3.8, 4) is 0 Å². The number of halogens is 1. The van der Waals surface area contributed by atoms with E-state index in [0.717, 1.165) is 21.2 Å². The van der Waals surface area contributed by atoms with Crippen molar-refractivity contribution in [2.24, 2.45) is 16.8 Å². The van der Waals surface area contributed by atoms with Crippen molar-refractivity contribution in [1.82, 2.24) is 4.31 Å². The van der Waals surface area contributed by atoms with Crippen molar-refractivity contribution in [2.45, 2.75) is 18.1 Å². The highest BCUT2D eigenvalue weighted by Crippen LogP contribution is 2.31. The van der Waals surface area contributed by atoms with E-state index < -0.39 is 10.0 Å². The van der Waals surface area contributed by atoms with Crippen LogP contribution in [-0.4, -0.2) is 37.4 Å². The van der Waals surface area contributed by atoms with Crippen LogP contribution in [0.5, 0.6) is 0 Å². The number of hydrogen-bond acceptors (Lipinski definition) is 5. The lowest BCUT2D eigenvalue weighted by Crippen LogP contribution is -2.36. The van der Waals surface area contributed by atoms with Crippen LogP contribution in [-0.2, 0) is 10.0 Å². The molecule has 0 saturated heterocycles. The quantitative estimate of drug-likeness (QED) is 0.373. The van der Waals surface area contributed by atoms with Gasteiger partial charge in [0.1, 0.15) is 10.0 Å². The zero-order valence-corrected chi connectivity index (χ0v) is 13.2. The minimum absolute atomic E-state index is 0.0116. The van der Waals surface area contributed by atoms with Crippen LogP contribution in [0.25, 0.3) is 0 Å². The van der Waals surface area contributed by atoms with E-state index in [9.17, 15) is 8.42 Å². The van der Waals surface area contributed by atoms with Crippen LogP contribution in [0, 0.1) is 12.8 Å². The molecule has 108 valence electrons. The van der Waals surface area contributed by atoms with E-state index in [-0.39, 0.29) is 22.5 Å². The van der Waals surface area contributed by atoms with E-state index in [0.29, 0.717) is 4.34 Å². The van der Waals surface area contributed by atoms with Gasteiger partial charge in [-0.15, -0.1) is 11.3 Å². The maximum atomic E-state index is 12.3. The van der Waals surface area contributed by atoms with Gasteiger partial charge in [0.25, 0.3) is 10.0 Å². The molecule has 3 N–H and O–H groups in total. The fourth-order valence-corrected chi connectivity index (χ4v) is 4.57. The van der Waals surface area contributed by atoms with Gasteiger partial charge in [-0.3, -0.25) is 0 Å². The molecule has 0 aromatic carbocycles. The summed E-state index contributed by atoms with van der Waals surface area (Å²) >= 11 is 6.90. The molecule has 6 nitrogen and oxygen atoms in total. The zero-order chi connectivity index (χ0) is 14.8. The van der Waals surface area contributed by atoms with Gasteiger partial charge < -0.3 is 10.9 Å². The normalized spacial score (nSPS) is 14.9. The number of thiophene rings is 1. The summed E-state index contributed by atoms with van der Waals surface area (Å²) in [5, 5.41) is 11.4. The predicted molar refractivity (Wildman–Crippen MR) is 76.5 cm³/mol. The molecule has 19 heavy (non-hydrogen) atoms. The number of rotatable bonds is 5. The van der Waals surface area contributed by atoms with Gasteiger partial charge in [-0.1, -0.05) is 23.7 Å². The van der Waals surface area contributed by atoms with Gasteiger partial charge in [0, 0.05) is 19.5 Å². The van der Waals surface area contributed by atoms with Crippen LogP contribution in [0.15, 0.2) is 15.4 Å². The molecule has 0 amide bonds. The largest absolute Gasteiger partial charge is 0.409 e. The van der Waals surface area contributed by atoms with Crippen molar-refractivity contribution in [3.05, 3.63) is 16.0 Å². The minimum Gasteiger partial charge on any atom is -0.409 e. The summed E-state index contributed by atoms with van der Waals surface area (Å²) in [4.78, 5) is 0. The van der Waals surface area contributed by atoms with Crippen LogP contribution in [0.4, 0.5) is 0 Å². The minimum atomic E-state index is -3.60. The second-order valence-corrected chi connectivity index (χ2v) is 8.16. The smallest absolute Gasteiger partial charge is 0.252 e. The lowest BCUT2D eigenvalue weighted by atomic mass is 10.2. The molecule has 1 aromatic heterocycles. The SMILES string of the molecule is Cc1cc(S(=O)(=O)N(C)CC(C)C(N)=NO)sc1Cl. The number of hydrogen-bond donors (Lipinski definition) is 2. The Balaban J connectivity index is 2.95. The van der Waals surface area contributed by atoms with E-state index in [4.69, 9.17) is 22.5 Å². The highest BCUT2D eigenvalue weighted by molar-refractivity contribution is 7.91. The van der Waals surface area contributed by atoms with E-state index in [1.165, 1.54) is 13.1 Å². The number of sulfonamides is 1. The monoisotopic (exact) mass is 325 g/mol. The van der Waals surface area contributed by atoms with Crippen LogP contribution in [0.2, 0.25) is 4.34 Å². The molecule has 1 heterocycles. The molecule has 0 fully saturated rings. The van der Waals surface area contributed by atoms with Gasteiger partial charge in [-0.25, -0.2) is 8.42 Å². The molecule has 1 rings (SSSR count). The maximum Gasteiger partial charge on any atom is 0.252 e. The standard InChI is InChI=1S/C10H16ClN3O3S2/c1-6-4-8(18-9(6)11)19(16,17)14(3)5-7(2)10(12)13-15/h4,7,15H,5H2,1-3H3,(H2,12,13). The number of nitrogens with two attached hydrogens (primary N) is 1. The summed E-state index contributed by atoms with van der Waals surface area (Å²) in [6, 6.07) is 1.53. The molecule has 1 unspecified atom stereocenters. The molecule has 0 spiro atoms. The third kappa shape index (κ3) is 3.59. The summed E-state index contributed by atoms with van der Waals surface area (Å²) in [6.45, 7) is 3.54. The summed E-state index contributed by atoms with van der Waals surface area (Å²) in [5.41, 5.74) is 6.16. The van der Waals surface area contributed by atoms with Crippen LogP contribution < -0.4 is 5.73 Å². The van der Waals surface area contributed by atoms with E-state index in [2.05, 4.69) is 5.16 Å². The highest BCUT2D eigenvalue weighted by Gasteiger charge is 2.26. The molecule has 0 aliphatic carbocycles. The summed E-state index contributed by atoms with van der Waals surface area (Å²) < 4.78 is 26.4. The third-order valence-corrected chi connectivity index (χ3v) is 6.48. The number of oxime groups is 1. The van der Waals surface area contributed by atoms with Crippen LogP contribution in [0.3, 0.4) is 0 Å². The summed E-state index contributed by atoms with van der Waals surface area (Å²) in [5.74, 6) is -0.399. The Morgan fingerprint density at radius 2 is 2.26 bits per heavy atom.